The molecule has 0 aliphatic heterocycles. The predicted octanol–water partition coefficient (Wildman–Crippen LogP) is 1.17. The van der Waals surface area contributed by atoms with Crippen LogP contribution in [0, 0.1) is 0 Å². The van der Waals surface area contributed by atoms with Gasteiger partial charge in [0.05, 0.1) is 11.4 Å². The maximum Gasteiger partial charge on any atom is 0.0693 e. The average molecular weight is 165 g/mol. The monoisotopic (exact) mass is 165 g/mol. The molecule has 0 fully saturated rings. The third-order valence-electron chi connectivity index (χ3n) is 1.63. The molecule has 1 aromatic rings. The minimum absolute atomic E-state index is 0.601. The van der Waals surface area contributed by atoms with E-state index in [1.165, 1.54) is 0 Å². The molecule has 0 saturated carbocycles. The van der Waals surface area contributed by atoms with Gasteiger partial charge in [-0.25, -0.2) is 0 Å². The fraction of sp³-hybridized carbons (Fsp3) is 0.125. The molecule has 0 atom stereocenters. The molecule has 0 aliphatic rings. The Hall–Kier alpha value is -1.55. The number of anilines is 1. The van der Waals surface area contributed by atoms with Crippen molar-refractivity contribution in [2.75, 3.05) is 5.48 Å². The first-order valence-electron chi connectivity index (χ1n) is 3.53. The molecule has 1 aromatic carbocycles. The second kappa shape index (κ2) is 3.73. The third-order valence-corrected chi connectivity index (χ3v) is 1.63. The van der Waals surface area contributed by atoms with Crippen molar-refractivity contribution in [1.29, 1.82) is 0 Å². The molecule has 4 nitrogen and oxygen atoms in total. The van der Waals surface area contributed by atoms with Gasteiger partial charge in [0, 0.05) is 5.56 Å². The fourth-order valence-electron chi connectivity index (χ4n) is 0.966. The van der Waals surface area contributed by atoms with Crippen LogP contribution in [0.15, 0.2) is 29.4 Å². The van der Waals surface area contributed by atoms with Gasteiger partial charge in [-0.3, -0.25) is 10.7 Å². The van der Waals surface area contributed by atoms with Crippen LogP contribution in [0.4, 0.5) is 5.69 Å². The van der Waals surface area contributed by atoms with Gasteiger partial charge in [0.25, 0.3) is 0 Å². The summed E-state index contributed by atoms with van der Waals surface area (Å²) < 4.78 is 0. The Kier molecular flexibility index (Phi) is 2.66. The predicted molar refractivity (Wildman–Crippen MR) is 48.2 cm³/mol. The number of nitrogens with two attached hydrogens (primary N) is 1. The molecule has 64 valence electrons. The van der Waals surface area contributed by atoms with Crippen LogP contribution < -0.4 is 11.3 Å². The summed E-state index contributed by atoms with van der Waals surface area (Å²) in [5.74, 6) is 5.11. The lowest BCUT2D eigenvalue weighted by Gasteiger charge is -2.05. The molecule has 0 spiro atoms. The van der Waals surface area contributed by atoms with E-state index in [0.29, 0.717) is 11.4 Å². The Balaban J connectivity index is 3.13. The molecule has 0 saturated heterocycles. The SMILES string of the molecule is C/C(=N\N)c1ccccc1NO. The van der Waals surface area contributed by atoms with Crippen molar-refractivity contribution < 1.29 is 5.21 Å². The third kappa shape index (κ3) is 1.54. The summed E-state index contributed by atoms with van der Waals surface area (Å²) in [7, 11) is 0. The summed E-state index contributed by atoms with van der Waals surface area (Å²) in [6.45, 7) is 1.77. The molecular formula is C8H11N3O. The number of hydrogen-bond acceptors (Lipinski definition) is 4. The number of rotatable bonds is 2. The summed E-state index contributed by atoms with van der Waals surface area (Å²) in [6.07, 6.45) is 0. The highest BCUT2D eigenvalue weighted by atomic mass is 16.5. The zero-order valence-electron chi connectivity index (χ0n) is 6.78. The van der Waals surface area contributed by atoms with Gasteiger partial charge in [-0.2, -0.15) is 5.10 Å². The number of nitrogens with zero attached hydrogens (tertiary/aromatic N) is 1. The van der Waals surface area contributed by atoms with Gasteiger partial charge >= 0.3 is 0 Å². The van der Waals surface area contributed by atoms with E-state index in [1.54, 1.807) is 13.0 Å². The summed E-state index contributed by atoms with van der Waals surface area (Å²) in [5, 5.41) is 12.2. The van der Waals surface area contributed by atoms with Crippen LogP contribution in [-0.4, -0.2) is 10.9 Å². The van der Waals surface area contributed by atoms with E-state index in [9.17, 15) is 0 Å². The van der Waals surface area contributed by atoms with E-state index < -0.39 is 0 Å². The highest BCUT2D eigenvalue weighted by Gasteiger charge is 2.02. The zero-order valence-corrected chi connectivity index (χ0v) is 6.78. The largest absolute Gasteiger partial charge is 0.323 e. The van der Waals surface area contributed by atoms with Gasteiger partial charge in [0.1, 0.15) is 0 Å². The first-order valence-corrected chi connectivity index (χ1v) is 3.53. The van der Waals surface area contributed by atoms with Crippen LogP contribution in [0.1, 0.15) is 12.5 Å². The number of hydrogen-bond donors (Lipinski definition) is 3. The van der Waals surface area contributed by atoms with Gasteiger partial charge in [0.15, 0.2) is 0 Å². The lowest BCUT2D eigenvalue weighted by molar-refractivity contribution is 0.389. The van der Waals surface area contributed by atoms with Crippen LogP contribution in [-0.2, 0) is 0 Å². The molecule has 12 heavy (non-hydrogen) atoms. The minimum Gasteiger partial charge on any atom is -0.323 e. The molecular weight excluding hydrogens is 154 g/mol. The topological polar surface area (TPSA) is 70.6 Å². The molecule has 0 bridgehead atoms. The first-order chi connectivity index (χ1) is 5.79. The molecule has 0 radical (unpaired) electrons. The Morgan fingerprint density at radius 1 is 1.50 bits per heavy atom. The van der Waals surface area contributed by atoms with Crippen LogP contribution in [0.5, 0.6) is 0 Å². The number of benzene rings is 1. The molecule has 0 amide bonds. The van der Waals surface area contributed by atoms with Crippen molar-refractivity contribution in [2.24, 2.45) is 10.9 Å². The molecule has 4 heteroatoms. The average Bonchev–Trinajstić information content (AvgIpc) is 2.16. The number of para-hydroxylation sites is 1. The second-order valence-electron chi connectivity index (χ2n) is 2.37. The van der Waals surface area contributed by atoms with Crippen LogP contribution in [0.2, 0.25) is 0 Å². The van der Waals surface area contributed by atoms with Gasteiger partial charge in [-0.05, 0) is 13.0 Å². The molecule has 1 rings (SSSR count). The Labute approximate surface area is 70.7 Å². The fourth-order valence-corrected chi connectivity index (χ4v) is 0.966. The van der Waals surface area contributed by atoms with E-state index in [2.05, 4.69) is 10.6 Å². The molecule has 0 aliphatic carbocycles. The van der Waals surface area contributed by atoms with Crippen LogP contribution in [0.25, 0.3) is 0 Å². The van der Waals surface area contributed by atoms with Gasteiger partial charge in [-0.15, -0.1) is 0 Å². The van der Waals surface area contributed by atoms with E-state index in [4.69, 9.17) is 11.0 Å². The molecule has 0 unspecified atom stereocenters. The maximum atomic E-state index is 8.72. The molecule has 4 N–H and O–H groups in total. The summed E-state index contributed by atoms with van der Waals surface area (Å²) >= 11 is 0. The first kappa shape index (κ1) is 8.55. The summed E-state index contributed by atoms with van der Waals surface area (Å²) in [4.78, 5) is 0. The van der Waals surface area contributed by atoms with Crippen LogP contribution in [0.3, 0.4) is 0 Å². The van der Waals surface area contributed by atoms with E-state index in [1.807, 2.05) is 18.2 Å². The van der Waals surface area contributed by atoms with Crippen molar-refractivity contribution in [3.8, 4) is 0 Å². The van der Waals surface area contributed by atoms with E-state index in [-0.39, 0.29) is 0 Å². The quantitative estimate of drug-likeness (QED) is 0.350. The van der Waals surface area contributed by atoms with Gasteiger partial charge < -0.3 is 5.84 Å². The lowest BCUT2D eigenvalue weighted by atomic mass is 10.1. The Morgan fingerprint density at radius 3 is 2.75 bits per heavy atom. The normalized spacial score (nSPS) is 11.3. The lowest BCUT2D eigenvalue weighted by Crippen LogP contribution is -2.03. The van der Waals surface area contributed by atoms with Crippen molar-refractivity contribution in [3.63, 3.8) is 0 Å². The van der Waals surface area contributed by atoms with Crippen LogP contribution >= 0.6 is 0 Å². The van der Waals surface area contributed by atoms with Crippen molar-refractivity contribution in [2.45, 2.75) is 6.92 Å². The van der Waals surface area contributed by atoms with Gasteiger partial charge in [-0.1, -0.05) is 18.2 Å². The molecule has 0 aromatic heterocycles. The van der Waals surface area contributed by atoms with E-state index >= 15 is 0 Å². The summed E-state index contributed by atoms with van der Waals surface area (Å²) in [5.41, 5.74) is 4.14. The highest BCUT2D eigenvalue weighted by molar-refractivity contribution is 6.03. The van der Waals surface area contributed by atoms with Gasteiger partial charge in [0.2, 0.25) is 0 Å². The standard InChI is InChI=1S/C8H11N3O/c1-6(10-9)7-4-2-3-5-8(7)11-12/h2-5,11-12H,9H2,1H3/b10-6+. The minimum atomic E-state index is 0.601. The molecule has 0 heterocycles. The smallest absolute Gasteiger partial charge is 0.0693 e. The Bertz CT molecular complexity index is 296. The number of hydrazone groups is 1. The Morgan fingerprint density at radius 2 is 2.17 bits per heavy atom. The van der Waals surface area contributed by atoms with Crippen molar-refractivity contribution >= 4 is 11.4 Å². The zero-order chi connectivity index (χ0) is 8.97. The number of nitrogens with one attached hydrogen (secondary N) is 1. The second-order valence-corrected chi connectivity index (χ2v) is 2.37. The highest BCUT2D eigenvalue weighted by Crippen LogP contribution is 2.14. The summed E-state index contributed by atoms with van der Waals surface area (Å²) in [6, 6.07) is 7.23. The van der Waals surface area contributed by atoms with E-state index in [0.717, 1.165) is 5.56 Å². The van der Waals surface area contributed by atoms with Crippen molar-refractivity contribution in [3.05, 3.63) is 29.8 Å². The maximum absolute atomic E-state index is 8.72. The van der Waals surface area contributed by atoms with Crippen molar-refractivity contribution in [1.82, 2.24) is 0 Å².